The van der Waals surface area contributed by atoms with Crippen LogP contribution < -0.4 is 5.73 Å². The van der Waals surface area contributed by atoms with E-state index < -0.39 is 10.7 Å². The maximum absolute atomic E-state index is 13.0. The number of nitro benzene ring substituents is 1. The summed E-state index contributed by atoms with van der Waals surface area (Å²) in [6.07, 6.45) is -0.118. The highest BCUT2D eigenvalue weighted by Gasteiger charge is 2.10. The lowest BCUT2D eigenvalue weighted by Gasteiger charge is -2.00. The van der Waals surface area contributed by atoms with Gasteiger partial charge in [0.2, 0.25) is 0 Å². The Hall–Kier alpha value is -1.98. The van der Waals surface area contributed by atoms with Crippen molar-refractivity contribution in [2.75, 3.05) is 0 Å². The second-order valence-corrected chi connectivity index (χ2v) is 2.73. The number of nitrogens with zero attached hydrogens (tertiary/aromatic N) is 1. The average molecular weight is 197 g/mol. The smallest absolute Gasteiger partial charge is 0.269 e. The first-order valence-corrected chi connectivity index (χ1v) is 3.76. The molecule has 0 amide bonds. The van der Waals surface area contributed by atoms with Gasteiger partial charge in [-0.1, -0.05) is 0 Å². The molecule has 0 aliphatic heterocycles. The van der Waals surface area contributed by atoms with E-state index in [9.17, 15) is 14.5 Å². The van der Waals surface area contributed by atoms with Crippen LogP contribution in [0, 0.1) is 21.3 Å². The molecule has 0 aliphatic carbocycles. The van der Waals surface area contributed by atoms with Gasteiger partial charge >= 0.3 is 0 Å². The lowest BCUT2D eigenvalue weighted by atomic mass is 10.1. The van der Waals surface area contributed by atoms with Crippen molar-refractivity contribution in [1.82, 2.24) is 0 Å². The highest BCUT2D eigenvalue weighted by atomic mass is 19.1. The summed E-state index contributed by atoms with van der Waals surface area (Å²) in [5, 5.41) is 17.3. The summed E-state index contributed by atoms with van der Waals surface area (Å²) < 4.78 is 13.0. The summed E-state index contributed by atoms with van der Waals surface area (Å²) >= 11 is 0. The fraction of sp³-hybridized carbons (Fsp3) is 0.125. The van der Waals surface area contributed by atoms with E-state index in [0.29, 0.717) is 0 Å². The summed E-state index contributed by atoms with van der Waals surface area (Å²) in [6.45, 7) is 0. The van der Waals surface area contributed by atoms with E-state index in [2.05, 4.69) is 0 Å². The van der Waals surface area contributed by atoms with Gasteiger partial charge in [0.15, 0.2) is 0 Å². The predicted molar refractivity (Wildman–Crippen MR) is 48.7 cm³/mol. The van der Waals surface area contributed by atoms with Gasteiger partial charge in [0.25, 0.3) is 5.69 Å². The van der Waals surface area contributed by atoms with E-state index >= 15 is 0 Å². The Bertz CT molecular complexity index is 392. The topological polar surface area (TPSA) is 93.0 Å². The van der Waals surface area contributed by atoms with Crippen molar-refractivity contribution in [2.24, 2.45) is 5.73 Å². The van der Waals surface area contributed by atoms with Crippen molar-refractivity contribution in [1.29, 1.82) is 5.41 Å². The monoisotopic (exact) mass is 197 g/mol. The second-order valence-electron chi connectivity index (χ2n) is 2.73. The average Bonchev–Trinajstić information content (AvgIpc) is 2.07. The second kappa shape index (κ2) is 3.82. The highest BCUT2D eigenvalue weighted by molar-refractivity contribution is 5.79. The summed E-state index contributed by atoms with van der Waals surface area (Å²) in [7, 11) is 0. The quantitative estimate of drug-likeness (QED) is 0.330. The Morgan fingerprint density at radius 1 is 1.64 bits per heavy atom. The fourth-order valence-electron chi connectivity index (χ4n) is 1.02. The van der Waals surface area contributed by atoms with Crippen molar-refractivity contribution in [3.63, 3.8) is 0 Å². The third-order valence-electron chi connectivity index (χ3n) is 1.62. The lowest BCUT2D eigenvalue weighted by Crippen LogP contribution is -2.13. The first kappa shape index (κ1) is 10.1. The molecule has 1 aromatic rings. The Morgan fingerprint density at radius 3 is 2.79 bits per heavy atom. The number of hydrogen-bond donors (Lipinski definition) is 2. The van der Waals surface area contributed by atoms with Crippen LogP contribution in [-0.2, 0) is 6.42 Å². The molecular formula is C8H8FN3O2. The Labute approximate surface area is 79.0 Å². The number of nitrogens with two attached hydrogens (primary N) is 1. The maximum atomic E-state index is 13.0. The molecule has 3 N–H and O–H groups in total. The molecule has 1 rings (SSSR count). The number of nitro groups is 1. The first-order valence-electron chi connectivity index (χ1n) is 3.76. The van der Waals surface area contributed by atoms with Crippen LogP contribution in [0.1, 0.15) is 5.56 Å². The van der Waals surface area contributed by atoms with E-state index in [-0.39, 0.29) is 23.5 Å². The van der Waals surface area contributed by atoms with E-state index in [1.165, 1.54) is 0 Å². The molecule has 0 saturated carbocycles. The third kappa shape index (κ3) is 2.25. The highest BCUT2D eigenvalue weighted by Crippen LogP contribution is 2.16. The number of halogens is 1. The number of benzene rings is 1. The summed E-state index contributed by atoms with van der Waals surface area (Å²) in [4.78, 5) is 9.73. The van der Waals surface area contributed by atoms with Gasteiger partial charge in [-0.2, -0.15) is 0 Å². The van der Waals surface area contributed by atoms with Gasteiger partial charge in [-0.05, 0) is 6.07 Å². The molecule has 0 fully saturated rings. The number of amidine groups is 1. The summed E-state index contributed by atoms with van der Waals surface area (Å²) in [5.74, 6) is -0.824. The minimum Gasteiger partial charge on any atom is -0.387 e. The van der Waals surface area contributed by atoms with Gasteiger partial charge in [0.1, 0.15) is 5.82 Å². The summed E-state index contributed by atoms with van der Waals surface area (Å²) in [6, 6.07) is 3.14. The van der Waals surface area contributed by atoms with Gasteiger partial charge in [0.05, 0.1) is 10.8 Å². The molecule has 74 valence electrons. The standard InChI is InChI=1S/C8H8FN3O2/c9-7-2-1-6(12(13)14)3-5(7)4-8(10)11/h1-3H,4H2,(H3,10,11). The Morgan fingerprint density at radius 2 is 2.29 bits per heavy atom. The number of hydrogen-bond acceptors (Lipinski definition) is 3. The number of rotatable bonds is 3. The normalized spacial score (nSPS) is 9.79. The molecular weight excluding hydrogens is 189 g/mol. The van der Waals surface area contributed by atoms with Crippen molar-refractivity contribution in [3.05, 3.63) is 39.7 Å². The predicted octanol–water partition coefficient (Wildman–Crippen LogP) is 1.21. The molecule has 0 spiro atoms. The molecule has 0 atom stereocenters. The molecule has 0 aromatic heterocycles. The van der Waals surface area contributed by atoms with Crippen LogP contribution in [0.4, 0.5) is 10.1 Å². The minimum atomic E-state index is -0.622. The zero-order valence-electron chi connectivity index (χ0n) is 7.16. The minimum absolute atomic E-state index is 0.0618. The SMILES string of the molecule is N=C(N)Cc1cc([N+](=O)[O-])ccc1F. The molecule has 0 bridgehead atoms. The lowest BCUT2D eigenvalue weighted by molar-refractivity contribution is -0.385. The zero-order valence-corrected chi connectivity index (χ0v) is 7.16. The molecule has 14 heavy (non-hydrogen) atoms. The molecule has 1 aromatic carbocycles. The van der Waals surface area contributed by atoms with Crippen LogP contribution in [0.15, 0.2) is 18.2 Å². The van der Waals surface area contributed by atoms with Crippen LogP contribution in [0.25, 0.3) is 0 Å². The van der Waals surface area contributed by atoms with Crippen LogP contribution in [-0.4, -0.2) is 10.8 Å². The first-order chi connectivity index (χ1) is 6.50. The Balaban J connectivity index is 3.08. The van der Waals surface area contributed by atoms with Crippen LogP contribution in [0.3, 0.4) is 0 Å². The van der Waals surface area contributed by atoms with Gasteiger partial charge in [0, 0.05) is 24.1 Å². The van der Waals surface area contributed by atoms with Gasteiger partial charge in [-0.25, -0.2) is 4.39 Å². The molecule has 0 radical (unpaired) electrons. The molecule has 0 heterocycles. The number of non-ortho nitro benzene ring substituents is 1. The van der Waals surface area contributed by atoms with Gasteiger partial charge in [-0.15, -0.1) is 0 Å². The van der Waals surface area contributed by atoms with Crippen molar-refractivity contribution >= 4 is 11.5 Å². The van der Waals surface area contributed by atoms with E-state index in [1.54, 1.807) is 0 Å². The van der Waals surface area contributed by atoms with Crippen molar-refractivity contribution < 1.29 is 9.31 Å². The third-order valence-corrected chi connectivity index (χ3v) is 1.62. The van der Waals surface area contributed by atoms with Gasteiger partial charge in [-0.3, -0.25) is 15.5 Å². The zero-order chi connectivity index (χ0) is 10.7. The van der Waals surface area contributed by atoms with E-state index in [0.717, 1.165) is 18.2 Å². The molecule has 0 unspecified atom stereocenters. The molecule has 0 aliphatic rings. The Kier molecular flexibility index (Phi) is 2.76. The van der Waals surface area contributed by atoms with Crippen LogP contribution in [0.2, 0.25) is 0 Å². The fourth-order valence-corrected chi connectivity index (χ4v) is 1.02. The maximum Gasteiger partial charge on any atom is 0.269 e. The summed E-state index contributed by atoms with van der Waals surface area (Å²) in [5.41, 5.74) is 4.92. The van der Waals surface area contributed by atoms with Crippen LogP contribution >= 0.6 is 0 Å². The van der Waals surface area contributed by atoms with E-state index in [1.807, 2.05) is 0 Å². The number of nitrogens with one attached hydrogen (secondary N) is 1. The van der Waals surface area contributed by atoms with Crippen molar-refractivity contribution in [2.45, 2.75) is 6.42 Å². The molecule has 0 saturated heterocycles. The van der Waals surface area contributed by atoms with E-state index in [4.69, 9.17) is 11.1 Å². The molecule has 5 nitrogen and oxygen atoms in total. The molecule has 6 heteroatoms. The largest absolute Gasteiger partial charge is 0.387 e. The van der Waals surface area contributed by atoms with Crippen LogP contribution in [0.5, 0.6) is 0 Å². The van der Waals surface area contributed by atoms with Gasteiger partial charge < -0.3 is 5.73 Å². The van der Waals surface area contributed by atoms with Crippen molar-refractivity contribution in [3.8, 4) is 0 Å².